The average Bonchev–Trinajstić information content (AvgIpc) is 3.00. The smallest absolute Gasteiger partial charge is 0.251 e. The van der Waals surface area contributed by atoms with E-state index in [2.05, 4.69) is 19.2 Å². The summed E-state index contributed by atoms with van der Waals surface area (Å²) in [6, 6.07) is 5.45. The van der Waals surface area contributed by atoms with Gasteiger partial charge in [0.15, 0.2) is 0 Å². The molecule has 1 atom stereocenters. The molecule has 0 aromatic heterocycles. The Labute approximate surface area is 150 Å². The first-order valence-electron chi connectivity index (χ1n) is 9.17. The van der Waals surface area contributed by atoms with Gasteiger partial charge in [0, 0.05) is 30.8 Å². The van der Waals surface area contributed by atoms with Gasteiger partial charge in [-0.15, -0.1) is 0 Å². The monoisotopic (exact) mass is 346 g/mol. The molecule has 1 aliphatic rings. The van der Waals surface area contributed by atoms with E-state index in [1.54, 1.807) is 17.9 Å². The number of carbonyl (C=O) groups excluding carboxylic acids is 2. The third-order valence-corrected chi connectivity index (χ3v) is 4.73. The van der Waals surface area contributed by atoms with Crippen LogP contribution in [0.4, 0.5) is 5.69 Å². The van der Waals surface area contributed by atoms with Crippen LogP contribution in [0.25, 0.3) is 0 Å². The molecule has 5 heteroatoms. The van der Waals surface area contributed by atoms with Gasteiger partial charge in [-0.2, -0.15) is 0 Å². The van der Waals surface area contributed by atoms with Crippen molar-refractivity contribution in [2.75, 3.05) is 18.0 Å². The fraction of sp³-hybridized carbons (Fsp3) is 0.600. The Bertz CT molecular complexity index is 638. The number of benzene rings is 1. The summed E-state index contributed by atoms with van der Waals surface area (Å²) in [6.45, 7) is 8.75. The van der Waals surface area contributed by atoms with Gasteiger partial charge in [-0.25, -0.2) is 0 Å². The number of carbonyl (C=O) groups is 2. The molecule has 2 N–H and O–H groups in total. The zero-order valence-electron chi connectivity index (χ0n) is 15.8. The van der Waals surface area contributed by atoms with Gasteiger partial charge < -0.3 is 15.3 Å². The van der Waals surface area contributed by atoms with Crippen LogP contribution >= 0.6 is 0 Å². The first-order chi connectivity index (χ1) is 11.7. The lowest BCUT2D eigenvalue weighted by atomic mass is 9.95. The highest BCUT2D eigenvalue weighted by molar-refractivity contribution is 5.98. The summed E-state index contributed by atoms with van der Waals surface area (Å²) in [5.41, 5.74) is 1.61. The van der Waals surface area contributed by atoms with Crippen LogP contribution in [0.2, 0.25) is 0 Å². The summed E-state index contributed by atoms with van der Waals surface area (Å²) in [6.07, 6.45) is 2.83. The number of anilines is 1. The normalized spacial score (nSPS) is 15.8. The predicted octanol–water partition coefficient (Wildman–Crippen LogP) is 2.90. The number of rotatable bonds is 7. The van der Waals surface area contributed by atoms with E-state index < -0.39 is 5.60 Å². The van der Waals surface area contributed by atoms with Crippen LogP contribution in [0.5, 0.6) is 0 Å². The van der Waals surface area contributed by atoms with E-state index >= 15 is 0 Å². The van der Waals surface area contributed by atoms with Crippen molar-refractivity contribution in [1.29, 1.82) is 0 Å². The van der Waals surface area contributed by atoms with E-state index in [-0.39, 0.29) is 18.4 Å². The molecule has 5 nitrogen and oxygen atoms in total. The summed E-state index contributed by atoms with van der Waals surface area (Å²) < 4.78 is 0. The van der Waals surface area contributed by atoms with E-state index in [1.165, 1.54) is 0 Å². The Balaban J connectivity index is 1.98. The molecule has 1 aromatic rings. The van der Waals surface area contributed by atoms with Crippen molar-refractivity contribution in [3.05, 3.63) is 29.3 Å². The van der Waals surface area contributed by atoms with E-state index in [4.69, 9.17) is 0 Å². The Morgan fingerprint density at radius 1 is 1.36 bits per heavy atom. The molecule has 0 aliphatic carbocycles. The quantitative estimate of drug-likeness (QED) is 0.797. The first kappa shape index (κ1) is 19.4. The van der Waals surface area contributed by atoms with Crippen molar-refractivity contribution in [2.45, 2.75) is 59.0 Å². The summed E-state index contributed by atoms with van der Waals surface area (Å²) >= 11 is 0. The highest BCUT2D eigenvalue weighted by atomic mass is 16.3. The summed E-state index contributed by atoms with van der Waals surface area (Å²) in [4.78, 5) is 26.1. The van der Waals surface area contributed by atoms with Crippen LogP contribution in [0.15, 0.2) is 18.2 Å². The summed E-state index contributed by atoms with van der Waals surface area (Å²) in [7, 11) is 0. The zero-order chi connectivity index (χ0) is 18.6. The molecule has 0 saturated heterocycles. The molecular weight excluding hydrogens is 316 g/mol. The van der Waals surface area contributed by atoms with Gasteiger partial charge >= 0.3 is 0 Å². The molecule has 2 amide bonds. The Kier molecular flexibility index (Phi) is 6.22. The third kappa shape index (κ3) is 5.05. The van der Waals surface area contributed by atoms with Gasteiger partial charge in [-0.1, -0.05) is 20.8 Å². The number of nitrogens with zero attached hydrogens (tertiary/aromatic N) is 1. The van der Waals surface area contributed by atoms with Gasteiger partial charge in [0.05, 0.1) is 5.60 Å². The predicted molar refractivity (Wildman–Crippen MR) is 99.8 cm³/mol. The topological polar surface area (TPSA) is 69.6 Å². The molecule has 1 heterocycles. The fourth-order valence-corrected chi connectivity index (χ4v) is 3.05. The average molecular weight is 346 g/mol. The molecule has 0 radical (unpaired) electrons. The number of amides is 2. The summed E-state index contributed by atoms with van der Waals surface area (Å²) in [5, 5.41) is 13.2. The molecule has 0 fully saturated rings. The van der Waals surface area contributed by atoms with Crippen molar-refractivity contribution >= 4 is 17.5 Å². The van der Waals surface area contributed by atoms with E-state index in [0.29, 0.717) is 30.9 Å². The maximum absolute atomic E-state index is 12.4. The van der Waals surface area contributed by atoms with E-state index in [1.807, 2.05) is 19.1 Å². The maximum atomic E-state index is 12.4. The molecule has 0 bridgehead atoms. The zero-order valence-corrected chi connectivity index (χ0v) is 15.8. The van der Waals surface area contributed by atoms with Crippen LogP contribution in [0.1, 0.15) is 62.9 Å². The second kappa shape index (κ2) is 8.00. The van der Waals surface area contributed by atoms with Gasteiger partial charge in [0.2, 0.25) is 5.91 Å². The highest BCUT2D eigenvalue weighted by Crippen LogP contribution is 2.29. The molecule has 1 aromatic carbocycles. The number of fused-ring (bicyclic) bond motifs is 1. The van der Waals surface area contributed by atoms with Crippen LogP contribution in [-0.2, 0) is 11.2 Å². The van der Waals surface area contributed by atoms with E-state index in [9.17, 15) is 14.7 Å². The maximum Gasteiger partial charge on any atom is 0.251 e. The van der Waals surface area contributed by atoms with E-state index in [0.717, 1.165) is 24.1 Å². The molecule has 138 valence electrons. The van der Waals surface area contributed by atoms with Crippen molar-refractivity contribution in [3.8, 4) is 0 Å². The van der Waals surface area contributed by atoms with Crippen LogP contribution in [0.3, 0.4) is 0 Å². The Morgan fingerprint density at radius 2 is 2.08 bits per heavy atom. The molecule has 2 rings (SSSR count). The van der Waals surface area contributed by atoms with Gasteiger partial charge in [0.25, 0.3) is 5.91 Å². The Hall–Kier alpha value is -1.88. The van der Waals surface area contributed by atoms with Crippen LogP contribution < -0.4 is 10.2 Å². The van der Waals surface area contributed by atoms with Crippen molar-refractivity contribution < 1.29 is 14.7 Å². The number of aliphatic hydroxyl groups is 1. The lowest BCUT2D eigenvalue weighted by molar-refractivity contribution is -0.118. The van der Waals surface area contributed by atoms with Crippen molar-refractivity contribution in [2.24, 2.45) is 5.92 Å². The van der Waals surface area contributed by atoms with Crippen molar-refractivity contribution in [3.63, 3.8) is 0 Å². The molecule has 1 unspecified atom stereocenters. The van der Waals surface area contributed by atoms with Gasteiger partial charge in [0.1, 0.15) is 0 Å². The molecule has 1 aliphatic heterocycles. The number of nitrogens with one attached hydrogen (secondary N) is 1. The number of hydrogen-bond acceptors (Lipinski definition) is 3. The van der Waals surface area contributed by atoms with Crippen LogP contribution in [0, 0.1) is 5.92 Å². The van der Waals surface area contributed by atoms with Crippen molar-refractivity contribution in [1.82, 2.24) is 5.32 Å². The van der Waals surface area contributed by atoms with Gasteiger partial charge in [-0.05, 0) is 55.9 Å². The minimum atomic E-state index is -0.902. The van der Waals surface area contributed by atoms with Gasteiger partial charge in [-0.3, -0.25) is 9.59 Å². The molecule has 25 heavy (non-hydrogen) atoms. The lowest BCUT2D eigenvalue weighted by Crippen LogP contribution is -2.40. The lowest BCUT2D eigenvalue weighted by Gasteiger charge is -2.24. The third-order valence-electron chi connectivity index (χ3n) is 4.73. The summed E-state index contributed by atoms with van der Waals surface area (Å²) in [5.74, 6) is 0.442. The minimum Gasteiger partial charge on any atom is -0.388 e. The second-order valence-corrected chi connectivity index (χ2v) is 7.60. The molecular formula is C20H30N2O3. The molecule has 0 saturated carbocycles. The molecule has 0 spiro atoms. The Morgan fingerprint density at radius 3 is 2.72 bits per heavy atom. The minimum absolute atomic E-state index is 0.108. The first-order valence-corrected chi connectivity index (χ1v) is 9.17. The largest absolute Gasteiger partial charge is 0.388 e. The SMILES string of the molecule is CCC(=O)N1CCc2cc(C(=O)NCC(C)(O)CCC(C)C)ccc21. The second-order valence-electron chi connectivity index (χ2n) is 7.60. The standard InChI is InChI=1S/C20H30N2O3/c1-5-18(23)22-11-9-15-12-16(6-7-17(15)22)19(24)21-13-20(4,25)10-8-14(2)3/h6-7,12,14,25H,5,8-11,13H2,1-4H3,(H,21,24). The fourth-order valence-electron chi connectivity index (χ4n) is 3.05. The highest BCUT2D eigenvalue weighted by Gasteiger charge is 2.25. The van der Waals surface area contributed by atoms with Crippen LogP contribution in [-0.4, -0.2) is 35.6 Å². The number of hydrogen-bond donors (Lipinski definition) is 2.